The number of carboxylic acids is 1. The number of alkyl halides is 1. The molecule has 1 atom stereocenters. The normalized spacial score (nSPS) is 20.4. The monoisotopic (exact) mass is 218 g/mol. The van der Waals surface area contributed by atoms with Crippen molar-refractivity contribution in [3.8, 4) is 0 Å². The first kappa shape index (κ1) is 11.5. The summed E-state index contributed by atoms with van der Waals surface area (Å²) in [6.45, 7) is 0. The molecule has 0 aromatic rings. The fraction of sp³-hybridized carbons (Fsp3) is 0.800. The Bertz CT molecular complexity index is 221. The van der Waals surface area contributed by atoms with E-state index in [4.69, 9.17) is 16.7 Å². The van der Waals surface area contributed by atoms with E-state index in [0.717, 1.165) is 25.7 Å². The fourth-order valence-electron chi connectivity index (χ4n) is 1.90. The number of hydrogen-bond donors (Lipinski definition) is 1. The number of hydrogen-bond acceptors (Lipinski definition) is 2. The Kier molecular flexibility index (Phi) is 4.39. The van der Waals surface area contributed by atoms with Gasteiger partial charge < -0.3 is 5.11 Å². The summed E-state index contributed by atoms with van der Waals surface area (Å²) in [5.74, 6) is -1.08. The molecular formula is C10H15ClO3. The highest BCUT2D eigenvalue weighted by Gasteiger charge is 2.27. The molecule has 0 aromatic heterocycles. The lowest BCUT2D eigenvalue weighted by Crippen LogP contribution is -2.27. The molecule has 80 valence electrons. The minimum atomic E-state index is -1.01. The molecule has 1 aliphatic rings. The summed E-state index contributed by atoms with van der Waals surface area (Å²) in [7, 11) is 0. The summed E-state index contributed by atoms with van der Waals surface area (Å²) in [6.07, 6.45) is 4.80. The number of halogens is 1. The van der Waals surface area contributed by atoms with Crippen LogP contribution in [-0.2, 0) is 9.59 Å². The van der Waals surface area contributed by atoms with Gasteiger partial charge >= 0.3 is 5.97 Å². The molecule has 0 radical (unpaired) electrons. The third-order valence-corrected chi connectivity index (χ3v) is 3.04. The van der Waals surface area contributed by atoms with Crippen molar-refractivity contribution in [3.05, 3.63) is 0 Å². The Morgan fingerprint density at radius 1 is 1.29 bits per heavy atom. The fourth-order valence-corrected chi connectivity index (χ4v) is 2.21. The molecule has 1 rings (SSSR count). The molecule has 14 heavy (non-hydrogen) atoms. The predicted molar refractivity (Wildman–Crippen MR) is 53.5 cm³/mol. The molecule has 1 unspecified atom stereocenters. The minimum absolute atomic E-state index is 0.00519. The average molecular weight is 219 g/mol. The Balaban J connectivity index is 2.42. The zero-order valence-electron chi connectivity index (χ0n) is 8.04. The summed E-state index contributed by atoms with van der Waals surface area (Å²) in [6, 6.07) is 0. The Morgan fingerprint density at radius 3 is 2.36 bits per heavy atom. The molecule has 3 nitrogen and oxygen atoms in total. The lowest BCUT2D eigenvalue weighted by Gasteiger charge is -2.21. The van der Waals surface area contributed by atoms with E-state index in [0.29, 0.717) is 0 Å². The Hall–Kier alpha value is -0.570. The lowest BCUT2D eigenvalue weighted by atomic mass is 9.85. The highest BCUT2D eigenvalue weighted by atomic mass is 35.5. The molecular weight excluding hydrogens is 204 g/mol. The summed E-state index contributed by atoms with van der Waals surface area (Å²) in [4.78, 5) is 22.0. The summed E-state index contributed by atoms with van der Waals surface area (Å²) in [5, 5.41) is 7.66. The molecule has 0 spiro atoms. The summed E-state index contributed by atoms with van der Waals surface area (Å²) in [5.41, 5.74) is 0. The first-order valence-corrected chi connectivity index (χ1v) is 5.44. The van der Waals surface area contributed by atoms with Gasteiger partial charge in [0.2, 0.25) is 0 Å². The van der Waals surface area contributed by atoms with Crippen molar-refractivity contribution in [2.24, 2.45) is 5.92 Å². The van der Waals surface area contributed by atoms with Gasteiger partial charge in [-0.25, -0.2) is 0 Å². The van der Waals surface area contributed by atoms with Crippen molar-refractivity contribution >= 4 is 23.4 Å². The van der Waals surface area contributed by atoms with Crippen molar-refractivity contribution in [1.82, 2.24) is 0 Å². The maximum Gasteiger partial charge on any atom is 0.305 e. The molecule has 4 heteroatoms. The van der Waals surface area contributed by atoms with Gasteiger partial charge in [0.05, 0.1) is 6.42 Å². The van der Waals surface area contributed by atoms with E-state index in [1.807, 2.05) is 0 Å². The van der Waals surface area contributed by atoms with E-state index in [9.17, 15) is 9.59 Å². The maximum atomic E-state index is 11.6. The molecule has 1 saturated carbocycles. The van der Waals surface area contributed by atoms with Gasteiger partial charge in [-0.15, -0.1) is 11.6 Å². The molecule has 0 bridgehead atoms. The number of carbonyl (C=O) groups excluding carboxylic acids is 1. The molecule has 1 N–H and O–H groups in total. The second kappa shape index (κ2) is 5.35. The standard InChI is InChI=1S/C10H15ClO3/c11-8(6-9(12)13)10(14)7-4-2-1-3-5-7/h7-8H,1-6H2,(H,12,13). The quantitative estimate of drug-likeness (QED) is 0.737. The van der Waals surface area contributed by atoms with Gasteiger partial charge in [0.15, 0.2) is 5.78 Å². The van der Waals surface area contributed by atoms with Crippen LogP contribution in [0.15, 0.2) is 0 Å². The van der Waals surface area contributed by atoms with Crippen LogP contribution in [0.5, 0.6) is 0 Å². The highest BCUT2D eigenvalue weighted by Crippen LogP contribution is 2.27. The van der Waals surface area contributed by atoms with Crippen molar-refractivity contribution in [2.75, 3.05) is 0 Å². The van der Waals surface area contributed by atoms with Gasteiger partial charge in [0.1, 0.15) is 5.38 Å². The van der Waals surface area contributed by atoms with E-state index in [-0.39, 0.29) is 18.1 Å². The van der Waals surface area contributed by atoms with Crippen molar-refractivity contribution in [1.29, 1.82) is 0 Å². The van der Waals surface area contributed by atoms with E-state index in [1.54, 1.807) is 0 Å². The molecule has 1 fully saturated rings. The number of carboxylic acid groups (broad SMARTS) is 1. The summed E-state index contributed by atoms with van der Waals surface area (Å²) >= 11 is 5.73. The average Bonchev–Trinajstić information content (AvgIpc) is 2.17. The van der Waals surface area contributed by atoms with Crippen LogP contribution < -0.4 is 0 Å². The number of carbonyl (C=O) groups is 2. The van der Waals surface area contributed by atoms with E-state index < -0.39 is 11.3 Å². The van der Waals surface area contributed by atoms with E-state index in [2.05, 4.69) is 0 Å². The van der Waals surface area contributed by atoms with Crippen LogP contribution in [0.3, 0.4) is 0 Å². The van der Waals surface area contributed by atoms with Crippen molar-refractivity contribution < 1.29 is 14.7 Å². The van der Waals surface area contributed by atoms with Crippen LogP contribution in [-0.4, -0.2) is 22.2 Å². The zero-order valence-corrected chi connectivity index (χ0v) is 8.79. The molecule has 0 aromatic carbocycles. The second-order valence-electron chi connectivity index (χ2n) is 3.80. The van der Waals surface area contributed by atoms with Gasteiger partial charge in [-0.3, -0.25) is 9.59 Å². The van der Waals surface area contributed by atoms with Gasteiger partial charge in [0, 0.05) is 5.92 Å². The molecule has 0 heterocycles. The smallest absolute Gasteiger partial charge is 0.305 e. The Labute approximate surface area is 88.4 Å². The topological polar surface area (TPSA) is 54.4 Å². The SMILES string of the molecule is O=C(O)CC(Cl)C(=O)C1CCCCC1. The van der Waals surface area contributed by atoms with Gasteiger partial charge in [-0.2, -0.15) is 0 Å². The van der Waals surface area contributed by atoms with Gasteiger partial charge in [-0.05, 0) is 12.8 Å². The number of aliphatic carboxylic acids is 1. The van der Waals surface area contributed by atoms with Crippen molar-refractivity contribution in [3.63, 3.8) is 0 Å². The van der Waals surface area contributed by atoms with E-state index in [1.165, 1.54) is 6.42 Å². The Morgan fingerprint density at radius 2 is 1.86 bits per heavy atom. The maximum absolute atomic E-state index is 11.6. The third kappa shape index (κ3) is 3.29. The summed E-state index contributed by atoms with van der Waals surface area (Å²) < 4.78 is 0. The first-order chi connectivity index (χ1) is 6.61. The predicted octanol–water partition coefficient (Wildman–Crippen LogP) is 2.22. The lowest BCUT2D eigenvalue weighted by molar-refractivity contribution is -0.139. The highest BCUT2D eigenvalue weighted by molar-refractivity contribution is 6.32. The number of Topliss-reactive ketones (excluding diaryl/α,β-unsaturated/α-hetero) is 1. The number of rotatable bonds is 4. The van der Waals surface area contributed by atoms with Crippen LogP contribution in [0.2, 0.25) is 0 Å². The third-order valence-electron chi connectivity index (χ3n) is 2.67. The van der Waals surface area contributed by atoms with E-state index >= 15 is 0 Å². The van der Waals surface area contributed by atoms with Crippen LogP contribution >= 0.6 is 11.6 Å². The van der Waals surface area contributed by atoms with Crippen molar-refractivity contribution in [2.45, 2.75) is 43.9 Å². The first-order valence-electron chi connectivity index (χ1n) is 5.01. The van der Waals surface area contributed by atoms with Crippen LogP contribution in [0.25, 0.3) is 0 Å². The minimum Gasteiger partial charge on any atom is -0.481 e. The molecule has 0 aliphatic heterocycles. The molecule has 0 saturated heterocycles. The zero-order chi connectivity index (χ0) is 10.6. The second-order valence-corrected chi connectivity index (χ2v) is 4.33. The largest absolute Gasteiger partial charge is 0.481 e. The van der Waals surface area contributed by atoms with Gasteiger partial charge in [0.25, 0.3) is 0 Å². The van der Waals surface area contributed by atoms with Crippen LogP contribution in [0.1, 0.15) is 38.5 Å². The van der Waals surface area contributed by atoms with Gasteiger partial charge in [-0.1, -0.05) is 19.3 Å². The van der Waals surface area contributed by atoms with Crippen LogP contribution in [0.4, 0.5) is 0 Å². The number of ketones is 1. The molecule has 1 aliphatic carbocycles. The molecule has 0 amide bonds. The van der Waals surface area contributed by atoms with Crippen LogP contribution in [0, 0.1) is 5.92 Å².